The van der Waals surface area contributed by atoms with Crippen LogP contribution in [0.1, 0.15) is 0 Å². The molecule has 1 saturated heterocycles. The fourth-order valence-corrected chi connectivity index (χ4v) is 1.31. The van der Waals surface area contributed by atoms with Crippen LogP contribution in [0.5, 0.6) is 0 Å². The topological polar surface area (TPSA) is 145 Å². The molecule has 0 saturated carbocycles. The Balaban J connectivity index is 2.99. The first-order valence-corrected chi connectivity index (χ1v) is 4.48. The molecule has 1 aliphatic rings. The van der Waals surface area contributed by atoms with E-state index < -0.39 is 43.0 Å². The SMILES string of the molecule is O=[C]OCN1C(=O)[C@@H](O)[C@@H](O)[C@H](O)[C@@H](O)C1=O. The number of hydrogen-bond donors (Lipinski definition) is 4. The van der Waals surface area contributed by atoms with Crippen molar-refractivity contribution in [1.82, 2.24) is 4.90 Å². The van der Waals surface area contributed by atoms with E-state index in [0.29, 0.717) is 0 Å². The highest BCUT2D eigenvalue weighted by molar-refractivity contribution is 6.00. The lowest BCUT2D eigenvalue weighted by molar-refractivity contribution is -0.157. The van der Waals surface area contributed by atoms with Gasteiger partial charge in [0.05, 0.1) is 0 Å². The van der Waals surface area contributed by atoms with E-state index in [1.54, 1.807) is 0 Å². The molecular weight excluding hydrogens is 238 g/mol. The smallest absolute Gasteiger partial charge is 0.419 e. The number of imide groups is 1. The average molecular weight is 248 g/mol. The third-order valence-electron chi connectivity index (χ3n) is 2.29. The number of aliphatic hydroxyl groups excluding tert-OH is 4. The van der Waals surface area contributed by atoms with Crippen molar-refractivity contribution in [2.45, 2.75) is 24.4 Å². The molecular formula is C8H10NO8. The van der Waals surface area contributed by atoms with Gasteiger partial charge in [-0.2, -0.15) is 0 Å². The Bertz CT molecular complexity index is 305. The van der Waals surface area contributed by atoms with Crippen LogP contribution in [0.3, 0.4) is 0 Å². The van der Waals surface area contributed by atoms with Gasteiger partial charge in [-0.05, 0) is 0 Å². The summed E-state index contributed by atoms with van der Waals surface area (Å²) in [4.78, 5) is 32.9. The molecule has 2 amide bonds. The van der Waals surface area contributed by atoms with Gasteiger partial charge in [-0.15, -0.1) is 0 Å². The number of rotatable bonds is 3. The summed E-state index contributed by atoms with van der Waals surface area (Å²) in [7, 11) is 0. The summed E-state index contributed by atoms with van der Waals surface area (Å²) < 4.78 is 4.03. The lowest BCUT2D eigenvalue weighted by Gasteiger charge is -2.19. The number of amides is 2. The van der Waals surface area contributed by atoms with Crippen LogP contribution in [-0.2, 0) is 19.1 Å². The number of hydrogen-bond acceptors (Lipinski definition) is 8. The molecule has 0 aliphatic carbocycles. The molecule has 0 aromatic rings. The Morgan fingerprint density at radius 2 is 1.47 bits per heavy atom. The van der Waals surface area contributed by atoms with Gasteiger partial charge in [-0.3, -0.25) is 9.59 Å². The lowest BCUT2D eigenvalue weighted by atomic mass is 10.1. The molecule has 1 rings (SSSR count). The van der Waals surface area contributed by atoms with Crippen molar-refractivity contribution >= 4 is 18.3 Å². The van der Waals surface area contributed by atoms with Gasteiger partial charge in [-0.25, -0.2) is 9.69 Å². The Labute approximate surface area is 94.8 Å². The van der Waals surface area contributed by atoms with Crippen LogP contribution >= 0.6 is 0 Å². The highest BCUT2D eigenvalue weighted by atomic mass is 16.5. The molecule has 4 atom stereocenters. The van der Waals surface area contributed by atoms with Crippen molar-refractivity contribution in [3.63, 3.8) is 0 Å². The van der Waals surface area contributed by atoms with Gasteiger partial charge in [0.2, 0.25) is 0 Å². The number of likely N-dealkylation sites (tertiary alicyclic amines) is 1. The minimum atomic E-state index is -2.11. The molecule has 0 unspecified atom stereocenters. The third-order valence-corrected chi connectivity index (χ3v) is 2.29. The van der Waals surface area contributed by atoms with E-state index in [0.717, 1.165) is 6.47 Å². The average Bonchev–Trinajstić information content (AvgIpc) is 2.37. The summed E-state index contributed by atoms with van der Waals surface area (Å²) in [5, 5.41) is 37.1. The van der Waals surface area contributed by atoms with Crippen LogP contribution in [0.4, 0.5) is 0 Å². The molecule has 0 bridgehead atoms. The van der Waals surface area contributed by atoms with E-state index >= 15 is 0 Å². The molecule has 1 radical (unpaired) electrons. The van der Waals surface area contributed by atoms with Crippen molar-refractivity contribution in [2.75, 3.05) is 6.73 Å². The molecule has 9 nitrogen and oxygen atoms in total. The predicted molar refractivity (Wildman–Crippen MR) is 47.5 cm³/mol. The zero-order valence-electron chi connectivity index (χ0n) is 8.39. The number of aliphatic hydroxyl groups is 4. The highest BCUT2D eigenvalue weighted by Gasteiger charge is 2.46. The Kier molecular flexibility index (Phi) is 4.12. The quantitative estimate of drug-likeness (QED) is 0.368. The van der Waals surface area contributed by atoms with Crippen molar-refractivity contribution in [3.05, 3.63) is 0 Å². The van der Waals surface area contributed by atoms with Gasteiger partial charge in [0.15, 0.2) is 18.9 Å². The molecule has 0 spiro atoms. The van der Waals surface area contributed by atoms with Gasteiger partial charge in [-0.1, -0.05) is 0 Å². The van der Waals surface area contributed by atoms with E-state index in [-0.39, 0.29) is 4.90 Å². The van der Waals surface area contributed by atoms with Crippen LogP contribution in [0.15, 0.2) is 0 Å². The Morgan fingerprint density at radius 1 is 1.06 bits per heavy atom. The standard InChI is InChI=1S/C8H10NO8/c10-2-17-1-9-7(15)5(13)3(11)4(12)6(14)8(9)16/h3-6,11-14H,1H2/t3-,4-,5-,6+/m0/s1. The van der Waals surface area contributed by atoms with E-state index in [1.807, 2.05) is 0 Å². The summed E-state index contributed by atoms with van der Waals surface area (Å²) in [6.45, 7) is 0.0640. The molecule has 9 heteroatoms. The number of carbonyl (C=O) groups is 2. The molecule has 4 N–H and O–H groups in total. The summed E-state index contributed by atoms with van der Waals surface area (Å²) in [6.07, 6.45) is -8.26. The Hall–Kier alpha value is -1.55. The normalized spacial score (nSPS) is 34.5. The number of ether oxygens (including phenoxy) is 1. The number of carbonyl (C=O) groups excluding carboxylic acids is 3. The lowest BCUT2D eigenvalue weighted by Crippen LogP contribution is -2.46. The molecule has 1 heterocycles. The largest absolute Gasteiger partial charge is 0.435 e. The van der Waals surface area contributed by atoms with E-state index in [2.05, 4.69) is 4.74 Å². The van der Waals surface area contributed by atoms with E-state index in [1.165, 1.54) is 0 Å². The first-order chi connectivity index (χ1) is 7.91. The van der Waals surface area contributed by atoms with Crippen LogP contribution < -0.4 is 0 Å². The molecule has 0 aromatic heterocycles. The maximum Gasteiger partial charge on any atom is 0.419 e. The van der Waals surface area contributed by atoms with Gasteiger partial charge < -0.3 is 25.2 Å². The fourth-order valence-electron chi connectivity index (χ4n) is 1.31. The Morgan fingerprint density at radius 3 is 1.82 bits per heavy atom. The van der Waals surface area contributed by atoms with Crippen LogP contribution in [0.25, 0.3) is 0 Å². The van der Waals surface area contributed by atoms with Crippen LogP contribution in [0, 0.1) is 0 Å². The molecule has 17 heavy (non-hydrogen) atoms. The number of nitrogens with zero attached hydrogens (tertiary/aromatic N) is 1. The summed E-state index contributed by atoms with van der Waals surface area (Å²) in [5.74, 6) is -2.60. The van der Waals surface area contributed by atoms with Crippen molar-refractivity contribution in [3.8, 4) is 0 Å². The zero-order chi connectivity index (χ0) is 13.2. The van der Waals surface area contributed by atoms with Crippen molar-refractivity contribution in [2.24, 2.45) is 0 Å². The third kappa shape index (κ3) is 2.42. The minimum Gasteiger partial charge on any atom is -0.435 e. The monoisotopic (exact) mass is 248 g/mol. The van der Waals surface area contributed by atoms with Crippen molar-refractivity contribution in [1.29, 1.82) is 0 Å². The second kappa shape index (κ2) is 5.19. The van der Waals surface area contributed by atoms with Crippen LogP contribution in [-0.4, -0.2) is 74.8 Å². The molecule has 1 aliphatic heterocycles. The summed E-state index contributed by atoms with van der Waals surface area (Å²) in [6, 6.07) is 0. The second-order valence-corrected chi connectivity index (χ2v) is 3.33. The minimum absolute atomic E-state index is 0.194. The van der Waals surface area contributed by atoms with E-state index in [9.17, 15) is 34.8 Å². The molecule has 95 valence electrons. The van der Waals surface area contributed by atoms with Crippen LogP contribution in [0.2, 0.25) is 0 Å². The van der Waals surface area contributed by atoms with Gasteiger partial charge in [0.1, 0.15) is 12.2 Å². The molecule has 1 fully saturated rings. The maximum absolute atomic E-state index is 11.4. The van der Waals surface area contributed by atoms with E-state index in [4.69, 9.17) is 0 Å². The maximum atomic E-state index is 11.4. The fraction of sp³-hybridized carbons (Fsp3) is 0.625. The van der Waals surface area contributed by atoms with Gasteiger partial charge in [0.25, 0.3) is 11.8 Å². The zero-order valence-corrected chi connectivity index (χ0v) is 8.39. The first kappa shape index (κ1) is 13.5. The molecule has 0 aromatic carbocycles. The highest BCUT2D eigenvalue weighted by Crippen LogP contribution is 2.15. The second-order valence-electron chi connectivity index (χ2n) is 3.33. The summed E-state index contributed by atoms with van der Waals surface area (Å²) in [5.41, 5.74) is 0. The van der Waals surface area contributed by atoms with Crippen molar-refractivity contribution < 1.29 is 39.5 Å². The van der Waals surface area contributed by atoms with Gasteiger partial charge >= 0.3 is 6.47 Å². The predicted octanol–water partition coefficient (Wildman–Crippen LogP) is -4.16. The first-order valence-electron chi connectivity index (χ1n) is 4.48. The summed E-state index contributed by atoms with van der Waals surface area (Å²) >= 11 is 0. The van der Waals surface area contributed by atoms with Gasteiger partial charge in [0, 0.05) is 0 Å².